The van der Waals surface area contributed by atoms with E-state index in [-0.39, 0.29) is 0 Å². The lowest BCUT2D eigenvalue weighted by atomic mass is 10.1. The lowest BCUT2D eigenvalue weighted by molar-refractivity contribution is 0.107. The first-order valence-electron chi connectivity index (χ1n) is 14.2. The number of aliphatic imine (C=N–C) groups is 1. The molecule has 1 saturated carbocycles. The summed E-state index contributed by atoms with van der Waals surface area (Å²) in [7, 11) is 3.32. The largest absolute Gasteiger partial charge is 0.497 e. The maximum Gasteiger partial charge on any atom is 0.124 e. The molecule has 2 aliphatic rings. The molecule has 1 aliphatic carbocycles. The summed E-state index contributed by atoms with van der Waals surface area (Å²) in [6.07, 6.45) is 10.3. The predicted octanol–water partition coefficient (Wildman–Crippen LogP) is 4.85. The van der Waals surface area contributed by atoms with Crippen molar-refractivity contribution in [3.05, 3.63) is 48.3 Å². The Morgan fingerprint density at radius 2 is 1.80 bits per heavy atom. The number of nitrogens with one attached hydrogen (secondary N) is 1. The van der Waals surface area contributed by atoms with Crippen LogP contribution in [0.15, 0.2) is 47.6 Å². The summed E-state index contributed by atoms with van der Waals surface area (Å²) in [4.78, 5) is 18.6. The molecule has 2 unspecified atom stereocenters. The molecule has 2 aromatic carbocycles. The summed E-state index contributed by atoms with van der Waals surface area (Å²) >= 11 is 0. The number of fused-ring (bicyclic) bond motifs is 1. The van der Waals surface area contributed by atoms with Gasteiger partial charge in [0.15, 0.2) is 0 Å². The molecule has 1 aromatic heterocycles. The summed E-state index contributed by atoms with van der Waals surface area (Å²) in [6.45, 7) is 3.93. The second-order valence-electron chi connectivity index (χ2n) is 10.8. The van der Waals surface area contributed by atoms with Crippen LogP contribution in [0, 0.1) is 11.3 Å². The highest BCUT2D eigenvalue weighted by Gasteiger charge is 2.26. The van der Waals surface area contributed by atoms with Crippen LogP contribution in [-0.4, -0.2) is 85.5 Å². The fourth-order valence-corrected chi connectivity index (χ4v) is 5.21. The maximum atomic E-state index is 10.4. The molecule has 2 atom stereocenters. The fraction of sp³-hybridized carbons (Fsp3) is 0.484. The standard InChI is InChI=1S/C31H40N6O3/c1-39-27-12-25(13-28(15-27)40-2)37(20-22-6-7-22)24-8-9-29-30(14-24)35-31(19-34-29)23(16-32)17-33-18-26(38)21-36-10-4-3-5-11-36/h8-9,12-17,19,22-23,26,32,38H,3-7,10-11,18,20-21H2,1-2H3. The van der Waals surface area contributed by atoms with E-state index in [1.807, 2.05) is 24.3 Å². The zero-order chi connectivity index (χ0) is 27.9. The van der Waals surface area contributed by atoms with Crippen molar-refractivity contribution in [3.8, 4) is 11.5 Å². The number of aliphatic hydroxyl groups is 1. The Balaban J connectivity index is 1.35. The van der Waals surface area contributed by atoms with Crippen LogP contribution < -0.4 is 14.4 Å². The Morgan fingerprint density at radius 1 is 1.05 bits per heavy atom. The number of β-amino-alcohol motifs (C(OH)–C–C–N with tert-alkyl or cyclic N) is 1. The quantitative estimate of drug-likeness (QED) is 0.296. The first-order valence-corrected chi connectivity index (χ1v) is 14.2. The molecular formula is C31H40N6O3. The van der Waals surface area contributed by atoms with Crippen LogP contribution in [0.4, 0.5) is 11.4 Å². The zero-order valence-electron chi connectivity index (χ0n) is 23.5. The van der Waals surface area contributed by atoms with Gasteiger partial charge in [-0.3, -0.25) is 9.98 Å². The minimum atomic E-state index is -0.515. The molecule has 2 heterocycles. The Bertz CT molecular complexity index is 1300. The van der Waals surface area contributed by atoms with E-state index in [9.17, 15) is 5.11 Å². The molecule has 9 heteroatoms. The fourth-order valence-electron chi connectivity index (χ4n) is 5.21. The minimum Gasteiger partial charge on any atom is -0.497 e. The Kier molecular flexibility index (Phi) is 9.23. The number of hydrogen-bond donors (Lipinski definition) is 2. The molecule has 0 bridgehead atoms. The summed E-state index contributed by atoms with van der Waals surface area (Å²) in [5.41, 5.74) is 4.22. The van der Waals surface area contributed by atoms with E-state index in [0.717, 1.165) is 53.5 Å². The highest BCUT2D eigenvalue weighted by Crippen LogP contribution is 2.38. The Hall–Kier alpha value is -3.56. The molecule has 40 heavy (non-hydrogen) atoms. The van der Waals surface area contributed by atoms with Crippen molar-refractivity contribution in [2.45, 2.75) is 44.1 Å². The Labute approximate surface area is 236 Å². The molecule has 0 spiro atoms. The number of anilines is 2. The van der Waals surface area contributed by atoms with Crippen LogP contribution in [0.2, 0.25) is 0 Å². The third-order valence-electron chi connectivity index (χ3n) is 7.66. The number of methoxy groups -OCH3 is 2. The second-order valence-corrected chi connectivity index (χ2v) is 10.8. The number of ether oxygens (including phenoxy) is 2. The molecule has 1 saturated heterocycles. The molecule has 2 N–H and O–H groups in total. The van der Waals surface area contributed by atoms with Crippen molar-refractivity contribution in [2.24, 2.45) is 10.9 Å². The van der Waals surface area contributed by atoms with E-state index in [0.29, 0.717) is 24.7 Å². The van der Waals surface area contributed by atoms with Gasteiger partial charge in [-0.2, -0.15) is 0 Å². The minimum absolute atomic E-state index is 0.312. The molecule has 3 aromatic rings. The van der Waals surface area contributed by atoms with E-state index >= 15 is 0 Å². The topological polar surface area (TPSA) is 107 Å². The summed E-state index contributed by atoms with van der Waals surface area (Å²) in [5, 5.41) is 18.4. The van der Waals surface area contributed by atoms with E-state index < -0.39 is 12.0 Å². The normalized spacial score (nSPS) is 17.6. The average molecular weight is 545 g/mol. The van der Waals surface area contributed by atoms with E-state index in [2.05, 4.69) is 31.9 Å². The third-order valence-corrected chi connectivity index (χ3v) is 7.66. The number of nitrogens with zero attached hydrogens (tertiary/aromatic N) is 5. The van der Waals surface area contributed by atoms with E-state index in [4.69, 9.17) is 19.9 Å². The molecule has 212 valence electrons. The maximum absolute atomic E-state index is 10.4. The smallest absolute Gasteiger partial charge is 0.124 e. The van der Waals surface area contributed by atoms with Gasteiger partial charge in [-0.25, -0.2) is 4.98 Å². The molecule has 0 amide bonds. The second kappa shape index (κ2) is 13.2. The molecule has 1 aliphatic heterocycles. The van der Waals surface area contributed by atoms with Crippen LogP contribution in [0.5, 0.6) is 11.5 Å². The van der Waals surface area contributed by atoms with Gasteiger partial charge in [0.2, 0.25) is 0 Å². The van der Waals surface area contributed by atoms with Gasteiger partial charge in [0.05, 0.1) is 55.7 Å². The van der Waals surface area contributed by atoms with Crippen molar-refractivity contribution in [1.29, 1.82) is 5.41 Å². The van der Waals surface area contributed by atoms with Gasteiger partial charge in [-0.05, 0) is 62.9 Å². The summed E-state index contributed by atoms with van der Waals surface area (Å²) in [6, 6.07) is 12.0. The Morgan fingerprint density at radius 3 is 2.48 bits per heavy atom. The van der Waals surface area contributed by atoms with Gasteiger partial charge < -0.3 is 29.8 Å². The third kappa shape index (κ3) is 7.14. The van der Waals surface area contributed by atoms with E-state index in [1.54, 1.807) is 26.6 Å². The number of benzene rings is 2. The number of aliphatic hydroxyl groups excluding tert-OH is 1. The van der Waals surface area contributed by atoms with Crippen LogP contribution in [0.25, 0.3) is 11.0 Å². The van der Waals surface area contributed by atoms with Crippen LogP contribution in [0.1, 0.15) is 43.7 Å². The monoisotopic (exact) mass is 544 g/mol. The lowest BCUT2D eigenvalue weighted by Crippen LogP contribution is -2.37. The molecule has 0 radical (unpaired) electrons. The van der Waals surface area contributed by atoms with E-state index in [1.165, 1.54) is 38.3 Å². The number of likely N-dealkylation sites (tertiary alicyclic amines) is 1. The van der Waals surface area contributed by atoms with Gasteiger partial charge in [0.25, 0.3) is 0 Å². The highest BCUT2D eigenvalue weighted by molar-refractivity contribution is 5.89. The SMILES string of the molecule is COc1cc(OC)cc(N(CC2CC2)c2ccc3ncc(C(C=N)C=NCC(O)CN4CCCCC4)nc3c2)c1. The zero-order valence-corrected chi connectivity index (χ0v) is 23.5. The first kappa shape index (κ1) is 28.0. The van der Waals surface area contributed by atoms with Crippen LogP contribution >= 0.6 is 0 Å². The number of hydrogen-bond acceptors (Lipinski definition) is 9. The summed E-state index contributed by atoms with van der Waals surface area (Å²) in [5.74, 6) is 1.72. The molecule has 5 rings (SSSR count). The molecular weight excluding hydrogens is 504 g/mol. The first-order chi connectivity index (χ1) is 19.6. The predicted molar refractivity (Wildman–Crippen MR) is 160 cm³/mol. The van der Waals surface area contributed by atoms with Gasteiger partial charge in [0.1, 0.15) is 11.5 Å². The summed E-state index contributed by atoms with van der Waals surface area (Å²) < 4.78 is 11.1. The van der Waals surface area contributed by atoms with Crippen molar-refractivity contribution >= 4 is 34.8 Å². The molecule has 2 fully saturated rings. The number of piperidine rings is 1. The van der Waals surface area contributed by atoms with Gasteiger partial charge >= 0.3 is 0 Å². The average Bonchev–Trinajstić information content (AvgIpc) is 3.82. The van der Waals surface area contributed by atoms with Crippen LogP contribution in [0.3, 0.4) is 0 Å². The van der Waals surface area contributed by atoms with Crippen LogP contribution in [-0.2, 0) is 0 Å². The van der Waals surface area contributed by atoms with Crippen molar-refractivity contribution in [1.82, 2.24) is 14.9 Å². The van der Waals surface area contributed by atoms with Gasteiger partial charge in [-0.1, -0.05) is 6.42 Å². The highest BCUT2D eigenvalue weighted by atomic mass is 16.5. The lowest BCUT2D eigenvalue weighted by Gasteiger charge is -2.27. The number of aromatic nitrogens is 2. The van der Waals surface area contributed by atoms with Crippen molar-refractivity contribution in [3.63, 3.8) is 0 Å². The van der Waals surface area contributed by atoms with Crippen molar-refractivity contribution < 1.29 is 14.6 Å². The van der Waals surface area contributed by atoms with Gasteiger partial charge in [-0.15, -0.1) is 0 Å². The number of rotatable bonds is 13. The molecule has 9 nitrogen and oxygen atoms in total. The van der Waals surface area contributed by atoms with Crippen molar-refractivity contribution in [2.75, 3.05) is 51.8 Å². The van der Waals surface area contributed by atoms with Gasteiger partial charge in [0, 0.05) is 55.1 Å².